The zero-order valence-electron chi connectivity index (χ0n) is 10.2. The molecule has 1 aromatic rings. The number of carboxylic acid groups (broad SMARTS) is 1. The predicted molar refractivity (Wildman–Crippen MR) is 66.6 cm³/mol. The van der Waals surface area contributed by atoms with Crippen LogP contribution in [-0.4, -0.2) is 42.1 Å². The fourth-order valence-corrected chi connectivity index (χ4v) is 2.16. The second-order valence-electron chi connectivity index (χ2n) is 4.54. The summed E-state index contributed by atoms with van der Waals surface area (Å²) in [5.41, 5.74) is 2.61. The first-order chi connectivity index (χ1) is 8.58. The van der Waals surface area contributed by atoms with E-state index in [0.29, 0.717) is 12.5 Å². The molecule has 2 rings (SSSR count). The average Bonchev–Trinajstić information content (AvgIpc) is 2.29. The largest absolute Gasteiger partial charge is 0.480 e. The van der Waals surface area contributed by atoms with E-state index in [-0.39, 0.29) is 12.6 Å². The summed E-state index contributed by atoms with van der Waals surface area (Å²) in [4.78, 5) is 23.2. The molecule has 0 bridgehead atoms. The van der Waals surface area contributed by atoms with Crippen molar-refractivity contribution in [1.29, 1.82) is 0 Å². The van der Waals surface area contributed by atoms with E-state index in [1.54, 1.807) is 0 Å². The number of likely N-dealkylation sites (N-methyl/N-ethyl adjacent to an activating group) is 1. The number of nitrogens with zero attached hydrogens (tertiary/aromatic N) is 1. The lowest BCUT2D eigenvalue weighted by Crippen LogP contribution is -2.42. The predicted octanol–water partition coefficient (Wildman–Crippen LogP) is 1.05. The molecule has 18 heavy (non-hydrogen) atoms. The van der Waals surface area contributed by atoms with Crippen LogP contribution >= 0.6 is 0 Å². The summed E-state index contributed by atoms with van der Waals surface area (Å²) in [6.07, 6.45) is 0.971. The van der Waals surface area contributed by atoms with Gasteiger partial charge in [0.2, 0.25) is 0 Å². The maximum atomic E-state index is 11.6. The molecule has 1 atom stereocenters. The van der Waals surface area contributed by atoms with E-state index in [2.05, 4.69) is 17.4 Å². The average molecular weight is 248 g/mol. The summed E-state index contributed by atoms with van der Waals surface area (Å²) in [6, 6.07) is 7.81. The normalized spacial score (nSPS) is 16.4. The highest BCUT2D eigenvalue weighted by Gasteiger charge is 2.25. The molecule has 96 valence electrons. The van der Waals surface area contributed by atoms with Crippen LogP contribution in [0.4, 0.5) is 4.79 Å². The van der Waals surface area contributed by atoms with Crippen molar-refractivity contribution in [2.75, 3.05) is 20.1 Å². The third-order valence-corrected chi connectivity index (χ3v) is 3.18. The summed E-state index contributed by atoms with van der Waals surface area (Å²) in [6.45, 7) is 0.271. The van der Waals surface area contributed by atoms with Gasteiger partial charge in [0.05, 0.1) is 0 Å². The molecule has 1 aliphatic rings. The minimum absolute atomic E-state index is 0.285. The smallest absolute Gasteiger partial charge is 0.323 e. The Hall–Kier alpha value is -2.04. The van der Waals surface area contributed by atoms with Crippen LogP contribution in [0.5, 0.6) is 0 Å². The molecule has 0 saturated heterocycles. The zero-order chi connectivity index (χ0) is 13.1. The molecule has 0 aromatic heterocycles. The van der Waals surface area contributed by atoms with Gasteiger partial charge in [0, 0.05) is 19.5 Å². The monoisotopic (exact) mass is 248 g/mol. The molecule has 0 spiro atoms. The topological polar surface area (TPSA) is 69.6 Å². The first-order valence-electron chi connectivity index (χ1n) is 5.86. The van der Waals surface area contributed by atoms with Crippen molar-refractivity contribution in [2.24, 2.45) is 0 Å². The maximum Gasteiger partial charge on any atom is 0.323 e. The molecule has 1 unspecified atom stereocenters. The highest BCUT2D eigenvalue weighted by atomic mass is 16.4. The first kappa shape index (κ1) is 12.4. The Labute approximate surface area is 105 Å². The van der Waals surface area contributed by atoms with Crippen LogP contribution < -0.4 is 5.32 Å². The molecule has 0 aliphatic heterocycles. The van der Waals surface area contributed by atoms with Crippen molar-refractivity contribution in [3.05, 3.63) is 35.4 Å². The van der Waals surface area contributed by atoms with Crippen molar-refractivity contribution in [1.82, 2.24) is 10.2 Å². The van der Waals surface area contributed by atoms with Crippen molar-refractivity contribution >= 4 is 12.0 Å². The molecule has 2 N–H and O–H groups in total. The minimum atomic E-state index is -1.01. The van der Waals surface area contributed by atoms with Gasteiger partial charge in [-0.1, -0.05) is 24.3 Å². The second-order valence-corrected chi connectivity index (χ2v) is 4.54. The fourth-order valence-electron chi connectivity index (χ4n) is 2.16. The van der Waals surface area contributed by atoms with Crippen molar-refractivity contribution < 1.29 is 14.7 Å². The van der Waals surface area contributed by atoms with Gasteiger partial charge in [0.15, 0.2) is 0 Å². The van der Waals surface area contributed by atoms with Crippen LogP contribution in [0, 0.1) is 0 Å². The number of rotatable bonds is 4. The minimum Gasteiger partial charge on any atom is -0.480 e. The van der Waals surface area contributed by atoms with Crippen LogP contribution in [-0.2, 0) is 11.2 Å². The fraction of sp³-hybridized carbons (Fsp3) is 0.385. The van der Waals surface area contributed by atoms with Gasteiger partial charge in [-0.25, -0.2) is 4.79 Å². The van der Waals surface area contributed by atoms with Gasteiger partial charge in [-0.05, 0) is 17.5 Å². The number of carboxylic acids is 1. The van der Waals surface area contributed by atoms with E-state index in [1.165, 1.54) is 18.2 Å². The van der Waals surface area contributed by atoms with Gasteiger partial charge in [0.1, 0.15) is 6.54 Å². The van der Waals surface area contributed by atoms with Gasteiger partial charge in [-0.15, -0.1) is 0 Å². The Morgan fingerprint density at radius 2 is 2.17 bits per heavy atom. The molecule has 5 nitrogen and oxygen atoms in total. The third-order valence-electron chi connectivity index (χ3n) is 3.18. The van der Waals surface area contributed by atoms with Crippen LogP contribution in [0.2, 0.25) is 0 Å². The van der Waals surface area contributed by atoms with E-state index in [1.807, 2.05) is 12.1 Å². The van der Waals surface area contributed by atoms with E-state index in [0.717, 1.165) is 11.3 Å². The number of carbonyl (C=O) groups is 2. The Kier molecular flexibility index (Phi) is 3.50. The molecule has 1 aromatic carbocycles. The van der Waals surface area contributed by atoms with E-state index in [9.17, 15) is 9.59 Å². The molecule has 1 aliphatic carbocycles. The van der Waals surface area contributed by atoms with Gasteiger partial charge in [0.25, 0.3) is 0 Å². The summed E-state index contributed by atoms with van der Waals surface area (Å²) in [5, 5.41) is 11.3. The number of urea groups is 1. The van der Waals surface area contributed by atoms with Gasteiger partial charge >= 0.3 is 12.0 Å². The summed E-state index contributed by atoms with van der Waals surface area (Å²) in [7, 11) is 1.47. The van der Waals surface area contributed by atoms with Crippen LogP contribution in [0.15, 0.2) is 24.3 Å². The number of fused-ring (bicyclic) bond motifs is 1. The van der Waals surface area contributed by atoms with E-state index >= 15 is 0 Å². The molecular weight excluding hydrogens is 232 g/mol. The lowest BCUT2D eigenvalue weighted by Gasteiger charge is -2.30. The van der Waals surface area contributed by atoms with Crippen LogP contribution in [0.1, 0.15) is 17.0 Å². The van der Waals surface area contributed by atoms with Gasteiger partial charge in [-0.3, -0.25) is 4.79 Å². The number of hydrogen-bond acceptors (Lipinski definition) is 2. The Morgan fingerprint density at radius 1 is 1.44 bits per heavy atom. The molecule has 0 radical (unpaired) electrons. The Bertz CT molecular complexity index is 473. The highest BCUT2D eigenvalue weighted by Crippen LogP contribution is 2.33. The van der Waals surface area contributed by atoms with Gasteiger partial charge < -0.3 is 15.3 Å². The van der Waals surface area contributed by atoms with Crippen molar-refractivity contribution in [2.45, 2.75) is 12.3 Å². The summed E-state index contributed by atoms with van der Waals surface area (Å²) >= 11 is 0. The lowest BCUT2D eigenvalue weighted by atomic mass is 9.78. The molecule has 0 heterocycles. The lowest BCUT2D eigenvalue weighted by molar-refractivity contribution is -0.137. The SMILES string of the molecule is CN(CC(=O)O)C(=O)NCC1Cc2ccccc21. The number of hydrogen-bond donors (Lipinski definition) is 2. The summed E-state index contributed by atoms with van der Waals surface area (Å²) in [5.74, 6) is -0.662. The number of aliphatic carboxylic acids is 1. The number of carbonyl (C=O) groups excluding carboxylic acids is 1. The maximum absolute atomic E-state index is 11.6. The quantitative estimate of drug-likeness (QED) is 0.836. The molecule has 5 heteroatoms. The van der Waals surface area contributed by atoms with Gasteiger partial charge in [-0.2, -0.15) is 0 Å². The standard InChI is InChI=1S/C13H16N2O3/c1-15(8-12(16)17)13(18)14-7-10-6-9-4-2-3-5-11(9)10/h2-5,10H,6-8H2,1H3,(H,14,18)(H,16,17). The molecule has 2 amide bonds. The summed E-state index contributed by atoms with van der Waals surface area (Å²) < 4.78 is 0. The number of amides is 2. The molecular formula is C13H16N2O3. The van der Waals surface area contributed by atoms with E-state index in [4.69, 9.17) is 5.11 Å². The van der Waals surface area contributed by atoms with Crippen molar-refractivity contribution in [3.8, 4) is 0 Å². The highest BCUT2D eigenvalue weighted by molar-refractivity contribution is 5.79. The number of nitrogens with one attached hydrogen (secondary N) is 1. The molecule has 0 fully saturated rings. The van der Waals surface area contributed by atoms with Crippen LogP contribution in [0.3, 0.4) is 0 Å². The Morgan fingerprint density at radius 3 is 2.83 bits per heavy atom. The first-order valence-corrected chi connectivity index (χ1v) is 5.86. The van der Waals surface area contributed by atoms with Crippen molar-refractivity contribution in [3.63, 3.8) is 0 Å². The molecule has 0 saturated carbocycles. The van der Waals surface area contributed by atoms with E-state index < -0.39 is 5.97 Å². The van der Waals surface area contributed by atoms with Crippen LogP contribution in [0.25, 0.3) is 0 Å². The Balaban J connectivity index is 1.80. The number of benzene rings is 1. The second kappa shape index (κ2) is 5.08. The third kappa shape index (κ3) is 2.61. The zero-order valence-corrected chi connectivity index (χ0v) is 10.2.